The Bertz CT molecular complexity index is 1070. The van der Waals surface area contributed by atoms with Crippen molar-refractivity contribution in [1.29, 1.82) is 0 Å². The second kappa shape index (κ2) is 8.49. The van der Waals surface area contributed by atoms with Gasteiger partial charge in [-0.3, -0.25) is 4.79 Å². The summed E-state index contributed by atoms with van der Waals surface area (Å²) >= 11 is 0. The Morgan fingerprint density at radius 1 is 0.963 bits per heavy atom. The first kappa shape index (κ1) is 18.6. The largest absolute Gasteiger partial charge is 0.476 e. The van der Waals surface area contributed by atoms with Crippen LogP contribution >= 0.6 is 0 Å². The van der Waals surface area contributed by atoms with E-state index in [-0.39, 0.29) is 5.56 Å². The standard InChI is InChI=1S/C23H24N2O2/c1-17(2)16-27-22-21(15-19-12-8-5-9-13-19)25(3)23(26)20(24-22)14-18-10-6-4-7-11-18/h4-15,17H,16H2,1-3H3/b20-14-,21-15-. The minimum Gasteiger partial charge on any atom is -0.476 e. The van der Waals surface area contributed by atoms with Crippen LogP contribution in [0, 0.1) is 5.92 Å². The number of rotatable bonds is 5. The summed E-state index contributed by atoms with van der Waals surface area (Å²) in [4.78, 5) is 17.4. The number of benzene rings is 2. The van der Waals surface area contributed by atoms with Gasteiger partial charge in [-0.25, -0.2) is 4.98 Å². The first-order valence-electron chi connectivity index (χ1n) is 9.08. The average Bonchev–Trinajstić information content (AvgIpc) is 2.68. The highest BCUT2D eigenvalue weighted by molar-refractivity contribution is 5.51. The molecule has 0 radical (unpaired) electrons. The Balaban J connectivity index is 2.21. The number of hydrogen-bond donors (Lipinski definition) is 0. The lowest BCUT2D eigenvalue weighted by Gasteiger charge is -2.11. The SMILES string of the molecule is CC(C)COc1n/c(=C\c2ccccc2)c(=O)n(C)/c1=C\c1ccccc1. The van der Waals surface area contributed by atoms with Crippen molar-refractivity contribution in [3.8, 4) is 5.88 Å². The summed E-state index contributed by atoms with van der Waals surface area (Å²) in [6.45, 7) is 4.70. The molecule has 0 aliphatic carbocycles. The quantitative estimate of drug-likeness (QED) is 0.702. The van der Waals surface area contributed by atoms with Gasteiger partial charge in [-0.1, -0.05) is 74.5 Å². The minimum absolute atomic E-state index is 0.155. The molecule has 3 rings (SSSR count). The van der Waals surface area contributed by atoms with Gasteiger partial charge in [-0.15, -0.1) is 0 Å². The summed E-state index contributed by atoms with van der Waals surface area (Å²) in [7, 11) is 1.75. The Labute approximate surface area is 159 Å². The lowest BCUT2D eigenvalue weighted by atomic mass is 10.2. The van der Waals surface area contributed by atoms with E-state index in [1.165, 1.54) is 0 Å². The monoisotopic (exact) mass is 360 g/mol. The molecule has 0 atom stereocenters. The van der Waals surface area contributed by atoms with Crippen LogP contribution < -0.4 is 21.0 Å². The summed E-state index contributed by atoms with van der Waals surface area (Å²) in [5, 5.41) is 1.03. The maximum atomic E-state index is 12.9. The van der Waals surface area contributed by atoms with Gasteiger partial charge in [-0.2, -0.15) is 0 Å². The van der Waals surface area contributed by atoms with E-state index in [9.17, 15) is 4.79 Å². The van der Waals surface area contributed by atoms with Crippen LogP contribution in [0.3, 0.4) is 0 Å². The van der Waals surface area contributed by atoms with E-state index in [1.54, 1.807) is 17.7 Å². The van der Waals surface area contributed by atoms with Gasteiger partial charge in [-0.05, 0) is 29.2 Å². The molecular formula is C23H24N2O2. The van der Waals surface area contributed by atoms with Gasteiger partial charge in [0.1, 0.15) is 10.7 Å². The molecule has 0 bridgehead atoms. The van der Waals surface area contributed by atoms with Crippen LogP contribution in [0.25, 0.3) is 12.2 Å². The Morgan fingerprint density at radius 2 is 1.52 bits per heavy atom. The average molecular weight is 360 g/mol. The van der Waals surface area contributed by atoms with Crippen LogP contribution in [-0.2, 0) is 7.05 Å². The van der Waals surface area contributed by atoms with E-state index in [1.807, 2.05) is 66.7 Å². The van der Waals surface area contributed by atoms with Gasteiger partial charge in [0.25, 0.3) is 5.56 Å². The molecule has 0 amide bonds. The molecule has 2 aromatic carbocycles. The van der Waals surface area contributed by atoms with Crippen LogP contribution in [0.4, 0.5) is 0 Å². The highest BCUT2D eigenvalue weighted by atomic mass is 16.5. The lowest BCUT2D eigenvalue weighted by molar-refractivity contribution is 0.255. The van der Waals surface area contributed by atoms with Crippen LogP contribution in [0.1, 0.15) is 25.0 Å². The van der Waals surface area contributed by atoms with Gasteiger partial charge in [0.15, 0.2) is 0 Å². The molecule has 27 heavy (non-hydrogen) atoms. The maximum Gasteiger partial charge on any atom is 0.276 e. The van der Waals surface area contributed by atoms with E-state index in [0.29, 0.717) is 29.1 Å². The van der Waals surface area contributed by atoms with Crippen molar-refractivity contribution < 1.29 is 4.74 Å². The van der Waals surface area contributed by atoms with Crippen molar-refractivity contribution in [2.75, 3.05) is 6.61 Å². The third kappa shape index (κ3) is 4.73. The highest BCUT2D eigenvalue weighted by Crippen LogP contribution is 2.03. The van der Waals surface area contributed by atoms with Gasteiger partial charge < -0.3 is 9.30 Å². The molecule has 1 aromatic heterocycles. The Hall–Kier alpha value is -3.14. The zero-order valence-corrected chi connectivity index (χ0v) is 15.9. The van der Waals surface area contributed by atoms with Gasteiger partial charge in [0.2, 0.25) is 5.88 Å². The number of ether oxygens (including phenoxy) is 1. The summed E-state index contributed by atoms with van der Waals surface area (Å²) < 4.78 is 7.56. The smallest absolute Gasteiger partial charge is 0.276 e. The van der Waals surface area contributed by atoms with Gasteiger partial charge >= 0.3 is 0 Å². The third-order valence-electron chi connectivity index (χ3n) is 4.09. The van der Waals surface area contributed by atoms with Crippen LogP contribution in [0.2, 0.25) is 0 Å². The fraction of sp³-hybridized carbons (Fsp3) is 0.217. The van der Waals surface area contributed by atoms with Crippen molar-refractivity contribution in [1.82, 2.24) is 9.55 Å². The minimum atomic E-state index is -0.155. The number of aromatic nitrogens is 2. The Morgan fingerprint density at radius 3 is 2.07 bits per heavy atom. The predicted octanol–water partition coefficient (Wildman–Crippen LogP) is 2.47. The van der Waals surface area contributed by atoms with E-state index >= 15 is 0 Å². The molecule has 138 valence electrons. The van der Waals surface area contributed by atoms with Crippen LogP contribution in [0.15, 0.2) is 65.5 Å². The molecule has 4 heteroatoms. The second-order valence-electron chi connectivity index (χ2n) is 6.87. The molecule has 0 N–H and O–H groups in total. The number of hydrogen-bond acceptors (Lipinski definition) is 3. The molecule has 0 saturated carbocycles. The van der Waals surface area contributed by atoms with Gasteiger partial charge in [0.05, 0.1) is 6.61 Å². The van der Waals surface area contributed by atoms with Crippen LogP contribution in [-0.4, -0.2) is 16.2 Å². The topological polar surface area (TPSA) is 44.1 Å². The number of nitrogens with zero attached hydrogens (tertiary/aromatic N) is 2. The molecule has 4 nitrogen and oxygen atoms in total. The molecule has 0 unspecified atom stereocenters. The summed E-state index contributed by atoms with van der Waals surface area (Å²) in [5.41, 5.74) is 1.76. The van der Waals surface area contributed by atoms with Crippen molar-refractivity contribution in [2.24, 2.45) is 13.0 Å². The Kier molecular flexibility index (Phi) is 5.87. The third-order valence-corrected chi connectivity index (χ3v) is 4.09. The molecule has 0 saturated heterocycles. The molecule has 0 spiro atoms. The molecule has 0 fully saturated rings. The van der Waals surface area contributed by atoms with E-state index in [0.717, 1.165) is 11.1 Å². The predicted molar refractivity (Wildman–Crippen MR) is 109 cm³/mol. The van der Waals surface area contributed by atoms with E-state index in [2.05, 4.69) is 18.8 Å². The summed E-state index contributed by atoms with van der Waals surface area (Å²) in [6.07, 6.45) is 3.72. The van der Waals surface area contributed by atoms with E-state index in [4.69, 9.17) is 4.74 Å². The molecular weight excluding hydrogens is 336 g/mol. The van der Waals surface area contributed by atoms with E-state index < -0.39 is 0 Å². The first-order valence-corrected chi connectivity index (χ1v) is 9.08. The van der Waals surface area contributed by atoms with Crippen molar-refractivity contribution in [2.45, 2.75) is 13.8 Å². The molecule has 0 aliphatic rings. The van der Waals surface area contributed by atoms with Gasteiger partial charge in [0, 0.05) is 7.05 Å². The summed E-state index contributed by atoms with van der Waals surface area (Å²) in [5.74, 6) is 0.826. The molecule has 0 aliphatic heterocycles. The maximum absolute atomic E-state index is 12.9. The van der Waals surface area contributed by atoms with Crippen LogP contribution in [0.5, 0.6) is 5.88 Å². The highest BCUT2D eigenvalue weighted by Gasteiger charge is 2.08. The van der Waals surface area contributed by atoms with Crippen molar-refractivity contribution in [3.05, 3.63) is 92.8 Å². The summed E-state index contributed by atoms with van der Waals surface area (Å²) in [6, 6.07) is 19.6. The fourth-order valence-corrected chi connectivity index (χ4v) is 2.66. The second-order valence-corrected chi connectivity index (χ2v) is 6.87. The zero-order valence-electron chi connectivity index (χ0n) is 15.9. The molecule has 1 heterocycles. The fourth-order valence-electron chi connectivity index (χ4n) is 2.66. The van der Waals surface area contributed by atoms with Crippen molar-refractivity contribution >= 4 is 12.2 Å². The van der Waals surface area contributed by atoms with Crippen molar-refractivity contribution in [3.63, 3.8) is 0 Å². The molecule has 3 aromatic rings. The normalized spacial score (nSPS) is 12.6. The lowest BCUT2D eigenvalue weighted by Crippen LogP contribution is -2.44. The first-order chi connectivity index (χ1) is 13.0. The zero-order chi connectivity index (χ0) is 19.2.